The molecule has 0 spiro atoms. The van der Waals surface area contributed by atoms with Crippen molar-refractivity contribution in [1.82, 2.24) is 5.09 Å². The van der Waals surface area contributed by atoms with E-state index < -0.39 is 13.7 Å². The van der Waals surface area contributed by atoms with E-state index in [1.54, 1.807) is 14.2 Å². The summed E-state index contributed by atoms with van der Waals surface area (Å²) in [7, 11) is 0.447. The third kappa shape index (κ3) is 12.7. The largest absolute Gasteiger partial charge is 0.330 e. The van der Waals surface area contributed by atoms with E-state index in [1.807, 2.05) is 18.2 Å². The van der Waals surface area contributed by atoms with Crippen molar-refractivity contribution in [1.29, 1.82) is 0 Å². The van der Waals surface area contributed by atoms with Gasteiger partial charge in [-0.05, 0) is 36.1 Å². The third-order valence-electron chi connectivity index (χ3n) is 7.92. The van der Waals surface area contributed by atoms with Gasteiger partial charge in [-0.25, -0.2) is 5.09 Å². The van der Waals surface area contributed by atoms with E-state index in [9.17, 15) is 0 Å². The summed E-state index contributed by atoms with van der Waals surface area (Å²) in [6, 6.07) is 31.1. The second-order valence-electron chi connectivity index (χ2n) is 11.3. The first-order valence-corrected chi connectivity index (χ1v) is 18.5. The van der Waals surface area contributed by atoms with Gasteiger partial charge in [0, 0.05) is 20.8 Å². The van der Waals surface area contributed by atoms with Gasteiger partial charge in [-0.1, -0.05) is 175 Å². The number of unbranched alkanes of at least 4 members (excludes halogenated alkanes) is 11. The highest BCUT2D eigenvalue weighted by molar-refractivity contribution is 7.59. The van der Waals surface area contributed by atoms with Crippen molar-refractivity contribution < 1.29 is 13.6 Å². The monoisotopic (exact) mass is 623 g/mol. The van der Waals surface area contributed by atoms with Gasteiger partial charge in [-0.3, -0.25) is 4.52 Å². The van der Waals surface area contributed by atoms with Crippen LogP contribution in [-0.2, 0) is 19.2 Å². The van der Waals surface area contributed by atoms with Crippen LogP contribution in [0.3, 0.4) is 0 Å². The van der Waals surface area contributed by atoms with Gasteiger partial charge in [0.2, 0.25) is 0 Å². The van der Waals surface area contributed by atoms with Gasteiger partial charge in [0.15, 0.2) is 5.60 Å². The van der Waals surface area contributed by atoms with Gasteiger partial charge in [-0.2, -0.15) is 0 Å². The molecule has 0 aliphatic heterocycles. The van der Waals surface area contributed by atoms with Gasteiger partial charge in [0.1, 0.15) is 0 Å². The fourth-order valence-electron chi connectivity index (χ4n) is 5.39. The van der Waals surface area contributed by atoms with Crippen molar-refractivity contribution in [3.8, 4) is 0 Å². The van der Waals surface area contributed by atoms with Crippen molar-refractivity contribution in [3.63, 3.8) is 0 Å². The second-order valence-corrected chi connectivity index (χ2v) is 13.5. The summed E-state index contributed by atoms with van der Waals surface area (Å²) in [5.74, 6) is 0. The summed E-state index contributed by atoms with van der Waals surface area (Å²) in [6.45, 7) is 6.08. The minimum absolute atomic E-state index is 0.778. The van der Waals surface area contributed by atoms with Crippen LogP contribution in [0.4, 0.5) is 0 Å². The molecule has 0 amide bonds. The van der Waals surface area contributed by atoms with E-state index in [1.165, 1.54) is 77.0 Å². The van der Waals surface area contributed by atoms with E-state index in [0.29, 0.717) is 0 Å². The maximum absolute atomic E-state index is 7.13. The van der Waals surface area contributed by atoms with Gasteiger partial charge < -0.3 is 14.8 Å². The molecule has 0 saturated heterocycles. The maximum Gasteiger partial charge on any atom is 0.311 e. The summed E-state index contributed by atoms with van der Waals surface area (Å²) in [5.41, 5.74) is 7.38. The zero-order valence-corrected chi connectivity index (χ0v) is 28.9. The van der Waals surface area contributed by atoms with Crippen LogP contribution in [0.25, 0.3) is 0 Å². The lowest BCUT2D eigenvalue weighted by Crippen LogP contribution is -2.36. The van der Waals surface area contributed by atoms with E-state index in [2.05, 4.69) is 91.7 Å². The number of nitrogens with one attached hydrogen (secondary N) is 1. The van der Waals surface area contributed by atoms with E-state index in [0.717, 1.165) is 36.2 Å². The lowest BCUT2D eigenvalue weighted by molar-refractivity contribution is 0.0846. The van der Waals surface area contributed by atoms with Crippen LogP contribution in [0, 0.1) is 0 Å². The molecule has 0 atom stereocenters. The molecule has 0 aromatic heterocycles. The number of hydrogen-bond acceptors (Lipinski definition) is 5. The van der Waals surface area contributed by atoms with Crippen molar-refractivity contribution in [3.05, 3.63) is 108 Å². The Morgan fingerprint density at radius 2 is 0.909 bits per heavy atom. The van der Waals surface area contributed by atoms with Crippen LogP contribution in [0.2, 0.25) is 0 Å². The molecule has 0 fully saturated rings. The number of rotatable bonds is 22. The maximum atomic E-state index is 7.13. The lowest BCUT2D eigenvalue weighted by Gasteiger charge is -2.43. The Labute approximate surface area is 269 Å². The molecule has 44 heavy (non-hydrogen) atoms. The third-order valence-corrected chi connectivity index (χ3v) is 10.0. The fourth-order valence-corrected chi connectivity index (χ4v) is 7.12. The normalized spacial score (nSPS) is 11.7. The summed E-state index contributed by atoms with van der Waals surface area (Å²) in [5, 5.41) is 3.57. The quantitative estimate of drug-likeness (QED) is 0.0662. The smallest absolute Gasteiger partial charge is 0.311 e. The summed E-state index contributed by atoms with van der Waals surface area (Å²) < 4.78 is 19.2. The van der Waals surface area contributed by atoms with Gasteiger partial charge in [0.25, 0.3) is 0 Å². The lowest BCUT2D eigenvalue weighted by atomic mass is 9.80. The first kappa shape index (κ1) is 38.1. The van der Waals surface area contributed by atoms with E-state index in [-0.39, 0.29) is 0 Å². The van der Waals surface area contributed by atoms with Gasteiger partial charge >= 0.3 is 8.09 Å². The van der Waals surface area contributed by atoms with Crippen molar-refractivity contribution in [2.24, 2.45) is 5.73 Å². The molecular weight excluding hydrogens is 563 g/mol. The molecule has 0 heterocycles. The fraction of sp³-hybridized carbons (Fsp3) is 0.526. The predicted molar refractivity (Wildman–Crippen MR) is 190 cm³/mol. The molecule has 6 heteroatoms. The van der Waals surface area contributed by atoms with Crippen LogP contribution >= 0.6 is 8.09 Å². The molecule has 1 radical (unpaired) electrons. The van der Waals surface area contributed by atoms with Crippen molar-refractivity contribution >= 4 is 8.09 Å². The summed E-state index contributed by atoms with van der Waals surface area (Å²) in [4.78, 5) is 0. The van der Waals surface area contributed by atoms with Gasteiger partial charge in [0.05, 0.1) is 0 Å². The number of hydrogen-bond donors (Lipinski definition) is 2. The highest BCUT2D eigenvalue weighted by Gasteiger charge is 2.46. The number of nitrogens with two attached hydrogens (primary N) is 1. The molecule has 3 aromatic carbocycles. The van der Waals surface area contributed by atoms with Crippen molar-refractivity contribution in [2.75, 3.05) is 27.3 Å². The topological polar surface area (TPSA) is 65.7 Å². The Morgan fingerprint density at radius 3 is 1.25 bits per heavy atom. The molecule has 0 unspecified atom stereocenters. The van der Waals surface area contributed by atoms with Crippen LogP contribution in [-0.4, -0.2) is 27.3 Å². The van der Waals surface area contributed by atoms with Crippen molar-refractivity contribution in [2.45, 2.75) is 103 Å². The minimum atomic E-state index is -2.90. The van der Waals surface area contributed by atoms with E-state index >= 15 is 0 Å². The average Bonchev–Trinajstić information content (AvgIpc) is 3.09. The summed E-state index contributed by atoms with van der Waals surface area (Å²) in [6.07, 6.45) is 16.8. The minimum Gasteiger partial charge on any atom is -0.330 e. The van der Waals surface area contributed by atoms with E-state index in [4.69, 9.17) is 19.3 Å². The van der Waals surface area contributed by atoms with Gasteiger partial charge in [-0.15, -0.1) is 0 Å². The first-order valence-electron chi connectivity index (χ1n) is 17.0. The Kier molecular flexibility index (Phi) is 20.1. The second kappa shape index (κ2) is 23.3. The molecule has 3 N–H and O–H groups in total. The highest BCUT2D eigenvalue weighted by Crippen LogP contribution is 2.63. The molecule has 245 valence electrons. The SMILES string of the molecule is CCCCCCCCCCCCN[P](OC)(OC)OC(c1ccccc1)(c1ccccc1)c1ccccc1.CCCCCN. The molecule has 0 aliphatic carbocycles. The standard InChI is InChI=1S/C33H47NO3P.C5H13N/c1-4-5-6-7-8-9-10-11-12-22-29-34-38(35-2,36-3)37-33(30-23-16-13-17-24-30,31-25-18-14-19-26-31)32-27-20-15-21-28-32;1-2-3-4-5-6/h13-21,23-28,34H,4-12,22,29H2,1-3H3;2-6H2,1H3. The van der Waals surface area contributed by atoms with Crippen LogP contribution < -0.4 is 10.8 Å². The zero-order chi connectivity index (χ0) is 31.8. The summed E-state index contributed by atoms with van der Waals surface area (Å²) >= 11 is 0. The number of benzene rings is 3. The molecule has 3 rings (SSSR count). The first-order chi connectivity index (χ1) is 21.6. The molecule has 0 bridgehead atoms. The molecule has 0 saturated carbocycles. The molecular formula is C38H60N2O3P. The molecule has 0 aliphatic rings. The Morgan fingerprint density at radius 1 is 0.545 bits per heavy atom. The van der Waals surface area contributed by atoms with Crippen LogP contribution in [0.5, 0.6) is 0 Å². The molecule has 3 aromatic rings. The highest BCUT2D eigenvalue weighted by atomic mass is 31.2. The average molecular weight is 624 g/mol. The Balaban J connectivity index is 0.00000102. The Bertz CT molecular complexity index is 965. The van der Waals surface area contributed by atoms with Crippen LogP contribution in [0.15, 0.2) is 91.0 Å². The van der Waals surface area contributed by atoms with Crippen LogP contribution in [0.1, 0.15) is 114 Å². The Hall–Kier alpha value is -2.11. The predicted octanol–water partition coefficient (Wildman–Crippen LogP) is 10.6. The molecule has 5 nitrogen and oxygen atoms in total. The zero-order valence-electron chi connectivity index (χ0n) is 28.0.